The first-order valence-corrected chi connectivity index (χ1v) is 5.87. The summed E-state index contributed by atoms with van der Waals surface area (Å²) < 4.78 is 0. The molecule has 5 heteroatoms. The van der Waals surface area contributed by atoms with E-state index in [1.165, 1.54) is 6.20 Å². The van der Waals surface area contributed by atoms with Crippen LogP contribution in [0, 0.1) is 0 Å². The lowest BCUT2D eigenvalue weighted by Crippen LogP contribution is -2.26. The number of hydrogen-bond donors (Lipinski definition) is 1. The van der Waals surface area contributed by atoms with Crippen LogP contribution in [-0.4, -0.2) is 15.9 Å². The Morgan fingerprint density at radius 3 is 2.61 bits per heavy atom. The van der Waals surface area contributed by atoms with Gasteiger partial charge in [-0.2, -0.15) is 0 Å². The van der Waals surface area contributed by atoms with E-state index in [2.05, 4.69) is 15.3 Å². The van der Waals surface area contributed by atoms with E-state index >= 15 is 0 Å². The lowest BCUT2D eigenvalue weighted by Gasteiger charge is -2.13. The van der Waals surface area contributed by atoms with Gasteiger partial charge in [0.05, 0.1) is 11.6 Å². The van der Waals surface area contributed by atoms with Crippen molar-refractivity contribution in [2.75, 3.05) is 0 Å². The highest BCUT2D eigenvalue weighted by Crippen LogP contribution is 2.12. The number of amides is 1. The molecule has 0 saturated carbocycles. The second kappa shape index (κ2) is 5.60. The zero-order valence-corrected chi connectivity index (χ0v) is 10.6. The molecule has 0 radical (unpaired) electrons. The molecule has 2 aromatic rings. The maximum Gasteiger partial charge on any atom is 0.253 e. The molecule has 92 valence electrons. The third-order valence-electron chi connectivity index (χ3n) is 2.54. The zero-order valence-electron chi connectivity index (χ0n) is 9.80. The predicted molar refractivity (Wildman–Crippen MR) is 69.4 cm³/mol. The molecule has 1 atom stereocenters. The van der Waals surface area contributed by atoms with E-state index in [-0.39, 0.29) is 11.9 Å². The van der Waals surface area contributed by atoms with Crippen LogP contribution in [0.2, 0.25) is 5.15 Å². The molecule has 0 saturated heterocycles. The molecule has 0 bridgehead atoms. The van der Waals surface area contributed by atoms with Crippen molar-refractivity contribution in [3.63, 3.8) is 0 Å². The van der Waals surface area contributed by atoms with Crippen LogP contribution >= 0.6 is 11.6 Å². The summed E-state index contributed by atoms with van der Waals surface area (Å²) >= 11 is 5.67. The minimum absolute atomic E-state index is 0.0869. The normalized spacial score (nSPS) is 11.9. The van der Waals surface area contributed by atoms with Gasteiger partial charge in [-0.1, -0.05) is 11.6 Å². The van der Waals surface area contributed by atoms with Gasteiger partial charge >= 0.3 is 0 Å². The molecule has 0 aliphatic rings. The molecular formula is C13H12ClN3O. The molecule has 18 heavy (non-hydrogen) atoms. The van der Waals surface area contributed by atoms with Crippen molar-refractivity contribution in [1.82, 2.24) is 15.3 Å². The number of carbonyl (C=O) groups is 1. The lowest BCUT2D eigenvalue weighted by atomic mass is 10.1. The van der Waals surface area contributed by atoms with Crippen LogP contribution in [0.1, 0.15) is 28.9 Å². The number of rotatable bonds is 3. The average molecular weight is 262 g/mol. The highest BCUT2D eigenvalue weighted by Gasteiger charge is 2.11. The lowest BCUT2D eigenvalue weighted by molar-refractivity contribution is 0.0939. The van der Waals surface area contributed by atoms with Crippen molar-refractivity contribution in [3.05, 3.63) is 59.1 Å². The Labute approximate surface area is 110 Å². The van der Waals surface area contributed by atoms with Gasteiger partial charge in [-0.25, -0.2) is 4.98 Å². The van der Waals surface area contributed by atoms with Crippen LogP contribution in [0.3, 0.4) is 0 Å². The fourth-order valence-corrected chi connectivity index (χ4v) is 1.64. The van der Waals surface area contributed by atoms with Crippen LogP contribution in [0.4, 0.5) is 0 Å². The van der Waals surface area contributed by atoms with Gasteiger partial charge in [0.15, 0.2) is 0 Å². The molecule has 2 rings (SSSR count). The average Bonchev–Trinajstić information content (AvgIpc) is 2.40. The SMILES string of the molecule is CC(NC(=O)c1ccc(Cl)nc1)c1ccncc1. The first-order valence-electron chi connectivity index (χ1n) is 5.49. The molecule has 0 spiro atoms. The Kier molecular flexibility index (Phi) is 3.89. The van der Waals surface area contributed by atoms with E-state index in [4.69, 9.17) is 11.6 Å². The van der Waals surface area contributed by atoms with E-state index < -0.39 is 0 Å². The molecule has 1 N–H and O–H groups in total. The number of carbonyl (C=O) groups excluding carboxylic acids is 1. The second-order valence-corrected chi connectivity index (χ2v) is 4.23. The van der Waals surface area contributed by atoms with E-state index in [1.54, 1.807) is 24.5 Å². The zero-order chi connectivity index (χ0) is 13.0. The quantitative estimate of drug-likeness (QED) is 0.864. The minimum Gasteiger partial charge on any atom is -0.345 e. The van der Waals surface area contributed by atoms with Gasteiger partial charge < -0.3 is 5.32 Å². The number of halogens is 1. The van der Waals surface area contributed by atoms with Crippen molar-refractivity contribution < 1.29 is 4.79 Å². The van der Waals surface area contributed by atoms with Crippen LogP contribution < -0.4 is 5.32 Å². The molecule has 4 nitrogen and oxygen atoms in total. The Morgan fingerprint density at radius 2 is 2.00 bits per heavy atom. The third-order valence-corrected chi connectivity index (χ3v) is 2.77. The van der Waals surface area contributed by atoms with Crippen molar-refractivity contribution >= 4 is 17.5 Å². The number of pyridine rings is 2. The van der Waals surface area contributed by atoms with Gasteiger partial charge in [-0.3, -0.25) is 9.78 Å². The van der Waals surface area contributed by atoms with Crippen molar-refractivity contribution in [3.8, 4) is 0 Å². The fraction of sp³-hybridized carbons (Fsp3) is 0.154. The smallest absolute Gasteiger partial charge is 0.253 e. The first-order chi connectivity index (χ1) is 8.66. The number of nitrogens with zero attached hydrogens (tertiary/aromatic N) is 2. The largest absolute Gasteiger partial charge is 0.345 e. The van der Waals surface area contributed by atoms with Gasteiger partial charge in [-0.05, 0) is 36.8 Å². The summed E-state index contributed by atoms with van der Waals surface area (Å²) in [6, 6.07) is 6.88. The van der Waals surface area contributed by atoms with Gasteiger partial charge in [0.1, 0.15) is 5.15 Å². The van der Waals surface area contributed by atoms with Crippen LogP contribution in [-0.2, 0) is 0 Å². The Hall–Kier alpha value is -1.94. The maximum absolute atomic E-state index is 11.9. The van der Waals surface area contributed by atoms with E-state index in [0.29, 0.717) is 10.7 Å². The van der Waals surface area contributed by atoms with Crippen LogP contribution in [0.15, 0.2) is 42.9 Å². The van der Waals surface area contributed by atoms with Gasteiger partial charge in [0.25, 0.3) is 5.91 Å². The Balaban J connectivity index is 2.06. The summed E-state index contributed by atoms with van der Waals surface area (Å²) in [5.41, 5.74) is 1.49. The summed E-state index contributed by atoms with van der Waals surface area (Å²) in [7, 11) is 0. The molecule has 0 fully saturated rings. The summed E-state index contributed by atoms with van der Waals surface area (Å²) in [5.74, 6) is -0.177. The van der Waals surface area contributed by atoms with E-state index in [1.807, 2.05) is 19.1 Å². The molecule has 2 heterocycles. The monoisotopic (exact) mass is 261 g/mol. The summed E-state index contributed by atoms with van der Waals surface area (Å²) in [6.07, 6.45) is 4.85. The first kappa shape index (κ1) is 12.5. The summed E-state index contributed by atoms with van der Waals surface area (Å²) in [5, 5.41) is 3.25. The topological polar surface area (TPSA) is 54.9 Å². The van der Waals surface area contributed by atoms with E-state index in [0.717, 1.165) is 5.56 Å². The summed E-state index contributed by atoms with van der Waals surface area (Å²) in [6.45, 7) is 1.91. The number of aromatic nitrogens is 2. The second-order valence-electron chi connectivity index (χ2n) is 3.85. The van der Waals surface area contributed by atoms with Crippen molar-refractivity contribution in [1.29, 1.82) is 0 Å². The molecule has 1 amide bonds. The highest BCUT2D eigenvalue weighted by molar-refractivity contribution is 6.29. The van der Waals surface area contributed by atoms with Gasteiger partial charge in [-0.15, -0.1) is 0 Å². The molecule has 0 aliphatic carbocycles. The van der Waals surface area contributed by atoms with Crippen molar-refractivity contribution in [2.45, 2.75) is 13.0 Å². The van der Waals surface area contributed by atoms with E-state index in [9.17, 15) is 4.79 Å². The standard InChI is InChI=1S/C13H12ClN3O/c1-9(10-4-6-15-7-5-10)17-13(18)11-2-3-12(14)16-8-11/h2-9H,1H3,(H,17,18). The Bertz CT molecular complexity index is 528. The third kappa shape index (κ3) is 3.05. The number of hydrogen-bond acceptors (Lipinski definition) is 3. The van der Waals surface area contributed by atoms with Crippen LogP contribution in [0.5, 0.6) is 0 Å². The fourth-order valence-electron chi connectivity index (χ4n) is 1.53. The van der Waals surface area contributed by atoms with Crippen LogP contribution in [0.25, 0.3) is 0 Å². The minimum atomic E-state index is -0.177. The van der Waals surface area contributed by atoms with Crippen molar-refractivity contribution in [2.24, 2.45) is 0 Å². The van der Waals surface area contributed by atoms with Gasteiger partial charge in [0, 0.05) is 18.6 Å². The molecule has 0 aromatic carbocycles. The van der Waals surface area contributed by atoms with Gasteiger partial charge in [0.2, 0.25) is 0 Å². The molecular weight excluding hydrogens is 250 g/mol. The highest BCUT2D eigenvalue weighted by atomic mass is 35.5. The molecule has 0 aliphatic heterocycles. The summed E-state index contributed by atoms with van der Waals surface area (Å²) in [4.78, 5) is 19.7. The molecule has 1 unspecified atom stereocenters. The predicted octanol–water partition coefficient (Wildman–Crippen LogP) is 2.62. The Morgan fingerprint density at radius 1 is 1.28 bits per heavy atom. The maximum atomic E-state index is 11.9. The number of nitrogens with one attached hydrogen (secondary N) is 1. The molecule has 2 aromatic heterocycles.